The van der Waals surface area contributed by atoms with Crippen molar-refractivity contribution in [3.8, 4) is 0 Å². The van der Waals surface area contributed by atoms with Crippen LogP contribution in [0.4, 0.5) is 0 Å². The zero-order valence-corrected chi connectivity index (χ0v) is 66.5. The van der Waals surface area contributed by atoms with Crippen LogP contribution in [0.1, 0.15) is 141 Å². The Kier molecular flexibility index (Phi) is 8.62. The average Bonchev–Trinajstić information content (AvgIpc) is 0.835. The number of ketones is 4. The molecule has 0 N–H and O–H groups in total. The molecule has 0 heterocycles. The second-order valence-electron chi connectivity index (χ2n) is 57.0. The molecule has 112 heavy (non-hydrogen) atoms. The Labute approximate surface area is 664 Å². The SMILES string of the molecule is O=C1C2CCCC3C4CC5CC6CCC7C8CCC9C(=O)C%10CC%11C%12CC%13C(=O)C%14CCCC%15C%16CC%17CC%18CCC%19C%20CCC%21C(=O)C%22CC%23C%24CC1C(C23)C1C4C2C5C3C6C7C4C5C8C9C%10C6C%11C7C8C%12C(C%13C%14%15)C%16C9C%17C%10C%18C%19C%11C%12C%20C%21C%22C%13C%23C%14C(C%241)C2C1C3C4C2C(C65)C7C3C(C98)C%10C%11C4C(C%13%12)C%14C1C2C34. The summed E-state index contributed by atoms with van der Waals surface area (Å²) in [5, 5.41) is 0. The summed E-state index contributed by atoms with van der Waals surface area (Å²) in [6.45, 7) is 0. The van der Waals surface area contributed by atoms with E-state index in [1.807, 2.05) is 0 Å². The number of carbonyl (C=O) groups is 4. The number of fused-ring (bicyclic) bond motifs is 6. The van der Waals surface area contributed by atoms with Crippen LogP contribution in [0.5, 0.6) is 0 Å². The number of carbonyl (C=O) groups excluding carboxylic acids is 4. The van der Waals surface area contributed by atoms with Crippen molar-refractivity contribution in [2.45, 2.75) is 141 Å². The van der Waals surface area contributed by atoms with Gasteiger partial charge in [0.25, 0.3) is 0 Å². The minimum Gasteiger partial charge on any atom is -0.299 e. The monoisotopic (exact) mass is 1490 g/mol. The van der Waals surface area contributed by atoms with E-state index >= 15 is 19.2 Å². The first-order chi connectivity index (χ1) is 55.4. The molecule has 0 aromatic heterocycles. The smallest absolute Gasteiger partial charge is 0.139 e. The summed E-state index contributed by atoms with van der Waals surface area (Å²) in [7, 11) is 0. The minimum atomic E-state index is 0.390. The van der Waals surface area contributed by atoms with Crippen molar-refractivity contribution in [1.29, 1.82) is 0 Å². The van der Waals surface area contributed by atoms with Gasteiger partial charge < -0.3 is 0 Å². The summed E-state index contributed by atoms with van der Waals surface area (Å²) in [5.74, 6) is 77.3. The zero-order valence-electron chi connectivity index (χ0n) is 66.5. The van der Waals surface area contributed by atoms with Crippen molar-refractivity contribution < 1.29 is 19.2 Å². The molecule has 0 spiro atoms. The molecule has 582 valence electrons. The van der Waals surface area contributed by atoms with E-state index in [0.29, 0.717) is 47.3 Å². The Morgan fingerprint density at radius 3 is 0.616 bits per heavy atom. The predicted molar refractivity (Wildman–Crippen MR) is 408 cm³/mol. The maximum absolute atomic E-state index is 17.1. The molecule has 82 atom stereocenters. The molecule has 42 aliphatic carbocycles. The van der Waals surface area contributed by atoms with E-state index in [4.69, 9.17) is 0 Å². The molecule has 4 heteroatoms. The Morgan fingerprint density at radius 2 is 0.304 bits per heavy atom. The van der Waals surface area contributed by atoms with E-state index in [2.05, 4.69) is 0 Å². The molecule has 0 radical (unpaired) electrons. The van der Waals surface area contributed by atoms with Crippen LogP contribution in [0.15, 0.2) is 0 Å². The van der Waals surface area contributed by atoms with Crippen LogP contribution in [-0.2, 0) is 19.2 Å². The lowest BCUT2D eigenvalue weighted by molar-refractivity contribution is -0.468. The first-order valence-corrected chi connectivity index (χ1v) is 53.6. The van der Waals surface area contributed by atoms with Crippen LogP contribution in [-0.4, -0.2) is 23.1 Å². The quantitative estimate of drug-likeness (QED) is 0.242. The molecular weight excluding hydrogens is 1360 g/mol. The first-order valence-electron chi connectivity index (χ1n) is 53.6. The highest BCUT2D eigenvalue weighted by Crippen LogP contribution is 3.00. The summed E-state index contributed by atoms with van der Waals surface area (Å²) in [6, 6.07) is 0. The fraction of sp³-hybridized carbons (Fsp3) is 0.963. The van der Waals surface area contributed by atoms with E-state index in [0.717, 1.165) is 461 Å². The molecule has 4 nitrogen and oxygen atoms in total. The fourth-order valence-electron chi connectivity index (χ4n) is 66.0. The number of hydrogen-bond acceptors (Lipinski definition) is 4. The predicted octanol–water partition coefficient (Wildman–Crippen LogP) is 16.9. The summed E-state index contributed by atoms with van der Waals surface area (Å²) in [6.07, 6.45) is 32.4. The Hall–Kier alpha value is -1.32. The lowest BCUT2D eigenvalue weighted by Gasteiger charge is -2.93. The molecule has 0 aliphatic heterocycles. The molecule has 42 aliphatic rings. The van der Waals surface area contributed by atoms with Crippen molar-refractivity contribution in [2.75, 3.05) is 0 Å². The third-order valence-corrected chi connectivity index (χ3v) is 61.3. The molecule has 82 unspecified atom stereocenters. The highest BCUT2D eigenvalue weighted by Gasteiger charge is 2.97. The van der Waals surface area contributed by atoms with Gasteiger partial charge in [-0.3, -0.25) is 19.2 Å². The second kappa shape index (κ2) is 16.7. The highest BCUT2D eigenvalue weighted by atomic mass is 16.1. The molecule has 42 saturated carbocycles. The largest absolute Gasteiger partial charge is 0.299 e. The lowest BCUT2D eigenvalue weighted by Crippen LogP contribution is -2.90. The van der Waals surface area contributed by atoms with E-state index in [-0.39, 0.29) is 0 Å². The van der Waals surface area contributed by atoms with Gasteiger partial charge in [-0.25, -0.2) is 0 Å². The van der Waals surface area contributed by atoms with E-state index in [1.165, 1.54) is 89.9 Å². The van der Waals surface area contributed by atoms with Gasteiger partial charge in [0, 0.05) is 47.3 Å². The van der Waals surface area contributed by atoms with E-state index < -0.39 is 0 Å². The van der Waals surface area contributed by atoms with Gasteiger partial charge >= 0.3 is 0 Å². The van der Waals surface area contributed by atoms with E-state index in [1.54, 1.807) is 51.4 Å². The Bertz CT molecular complexity index is 4500. The van der Waals surface area contributed by atoms with Crippen molar-refractivity contribution in [2.24, 2.45) is 485 Å². The van der Waals surface area contributed by atoms with Crippen LogP contribution in [0.3, 0.4) is 0 Å². The first kappa shape index (κ1) is 57.9. The van der Waals surface area contributed by atoms with Crippen LogP contribution >= 0.6 is 0 Å². The maximum atomic E-state index is 17.1. The van der Waals surface area contributed by atoms with Gasteiger partial charge in [0.15, 0.2) is 0 Å². The molecule has 0 saturated heterocycles. The maximum Gasteiger partial charge on any atom is 0.139 e. The third kappa shape index (κ3) is 4.76. The van der Waals surface area contributed by atoms with Gasteiger partial charge in [-0.05, 0) is 566 Å². The summed E-state index contributed by atoms with van der Waals surface area (Å²) >= 11 is 0. The number of hydrogen-bond donors (Lipinski definition) is 0. The Morgan fingerprint density at radius 1 is 0.116 bits per heavy atom. The average molecular weight is 1490 g/mol. The van der Waals surface area contributed by atoms with Crippen LogP contribution in [0.25, 0.3) is 0 Å². The lowest BCUT2D eigenvalue weighted by atomic mass is 9.11. The summed E-state index contributed by atoms with van der Waals surface area (Å²) < 4.78 is 0. The third-order valence-electron chi connectivity index (χ3n) is 61.3. The van der Waals surface area contributed by atoms with Gasteiger partial charge in [0.05, 0.1) is 0 Å². The normalized spacial score (nSPS) is 85.1. The number of rotatable bonds is 0. The molecule has 0 aromatic rings. The molecule has 42 rings (SSSR count). The van der Waals surface area contributed by atoms with Gasteiger partial charge in [-0.15, -0.1) is 0 Å². The van der Waals surface area contributed by atoms with Gasteiger partial charge in [-0.1, -0.05) is 12.8 Å². The van der Waals surface area contributed by atoms with Crippen molar-refractivity contribution in [1.82, 2.24) is 0 Å². The second-order valence-corrected chi connectivity index (χ2v) is 57.0. The zero-order chi connectivity index (χ0) is 69.2. The fourth-order valence-corrected chi connectivity index (χ4v) is 66.0. The summed E-state index contributed by atoms with van der Waals surface area (Å²) in [4.78, 5) is 67.3. The highest BCUT2D eigenvalue weighted by molar-refractivity contribution is 5.89. The van der Waals surface area contributed by atoms with E-state index in [9.17, 15) is 0 Å². The molecule has 0 amide bonds. The topological polar surface area (TPSA) is 68.3 Å². The standard InChI is InChI=1S/C108H126O4/c109-105-33-5-1-3-27-37-17-25-15-23-7-9-29-31-11-14-36-58-55(31)79-77-53(29)47(23)69-49(25)71-59(37)73-61-39(19-43(105)65(73)51(27)33)41-21-45-67-57-35(107(45)111)13-12-32-30-10-8-24-16-26-18-38-28-4-2-6-34-52(28)66-44(106(34)110)20-40-42-22-46(108(36)112)68(58)76-64(42)84-82-62(40)74(66)60(38)72-50(26)70-48(24)54(30)78-80(56(32)57)89-75(67)63(41)83-81(61)87(71)95-85(69)91(77)99-98(90(76)79)94(84)102-96(88(72)82)86(70)92(78)100-97(89)93(83)101(95)103(99)104(100)102/h23-104H,1-22H2. The molecular formula is C108H126O4. The van der Waals surface area contributed by atoms with Crippen molar-refractivity contribution in [3.05, 3.63) is 0 Å². The van der Waals surface area contributed by atoms with Crippen molar-refractivity contribution >= 4 is 23.1 Å². The van der Waals surface area contributed by atoms with Gasteiger partial charge in [0.1, 0.15) is 23.1 Å². The van der Waals surface area contributed by atoms with Crippen LogP contribution in [0.2, 0.25) is 0 Å². The Balaban J connectivity index is 0.634. The van der Waals surface area contributed by atoms with Crippen molar-refractivity contribution in [3.63, 3.8) is 0 Å². The summed E-state index contributed by atoms with van der Waals surface area (Å²) in [5.41, 5.74) is 0. The van der Waals surface area contributed by atoms with Gasteiger partial charge in [-0.2, -0.15) is 0 Å². The minimum absolute atomic E-state index is 0.390. The molecule has 42 fully saturated rings. The molecule has 0 aromatic carbocycles. The van der Waals surface area contributed by atoms with Crippen LogP contribution in [0, 0.1) is 485 Å². The van der Waals surface area contributed by atoms with Gasteiger partial charge in [0.2, 0.25) is 0 Å². The number of Topliss-reactive ketones (excluding diaryl/α,β-unsaturated/α-hetero) is 4. The molecule has 0 bridgehead atoms. The van der Waals surface area contributed by atoms with Crippen LogP contribution < -0.4 is 0 Å².